The Hall–Kier alpha value is -0.340. The number of hydrogen-bond acceptors (Lipinski definition) is 2. The summed E-state index contributed by atoms with van der Waals surface area (Å²) in [4.78, 5) is 0. The number of rotatable bonds is 5. The maximum absolute atomic E-state index is 5.98. The zero-order valence-corrected chi connectivity index (χ0v) is 13.1. The van der Waals surface area contributed by atoms with Crippen molar-refractivity contribution in [3.05, 3.63) is 11.6 Å². The van der Waals surface area contributed by atoms with Gasteiger partial charge in [-0.05, 0) is 51.5 Å². The molecule has 1 N–H and O–H groups in total. The van der Waals surface area contributed by atoms with E-state index in [4.69, 9.17) is 4.74 Å². The van der Waals surface area contributed by atoms with E-state index in [0.717, 1.165) is 19.4 Å². The minimum absolute atomic E-state index is 0.0111. The lowest BCUT2D eigenvalue weighted by atomic mass is 9.68. The lowest BCUT2D eigenvalue weighted by Gasteiger charge is -2.46. The molecular weight excluding hydrogens is 222 g/mol. The third-order valence-electron chi connectivity index (χ3n) is 4.35. The van der Waals surface area contributed by atoms with Crippen LogP contribution in [0.1, 0.15) is 60.3 Å². The van der Waals surface area contributed by atoms with E-state index < -0.39 is 0 Å². The summed E-state index contributed by atoms with van der Waals surface area (Å²) < 4.78 is 5.98. The highest BCUT2D eigenvalue weighted by molar-refractivity contribution is 5.11. The molecule has 1 aliphatic carbocycles. The number of methoxy groups -OCH3 is 1. The summed E-state index contributed by atoms with van der Waals surface area (Å²) in [5.74, 6) is 0. The second kappa shape index (κ2) is 6.21. The fourth-order valence-electron chi connectivity index (χ4n) is 2.94. The molecular formula is C16H31NO. The number of ether oxygens (including phenoxy) is 1. The van der Waals surface area contributed by atoms with E-state index in [9.17, 15) is 0 Å². The largest absolute Gasteiger partial charge is 0.376 e. The van der Waals surface area contributed by atoms with Crippen LogP contribution in [0.25, 0.3) is 0 Å². The van der Waals surface area contributed by atoms with E-state index in [-0.39, 0.29) is 5.60 Å². The molecule has 0 aromatic rings. The molecule has 0 bridgehead atoms. The Labute approximate surface area is 113 Å². The van der Waals surface area contributed by atoms with Crippen LogP contribution in [-0.4, -0.2) is 25.3 Å². The van der Waals surface area contributed by atoms with Crippen molar-refractivity contribution >= 4 is 0 Å². The van der Waals surface area contributed by atoms with Crippen molar-refractivity contribution in [1.29, 1.82) is 0 Å². The normalized spacial score (nSPS) is 23.4. The van der Waals surface area contributed by atoms with Crippen LogP contribution in [-0.2, 0) is 4.74 Å². The van der Waals surface area contributed by atoms with Crippen molar-refractivity contribution in [3.63, 3.8) is 0 Å². The SMILES string of the molecule is CCNC(C=C(C)C)C1(OC)CCC(C)(C)CC1. The van der Waals surface area contributed by atoms with Gasteiger partial charge < -0.3 is 10.1 Å². The van der Waals surface area contributed by atoms with E-state index in [1.807, 2.05) is 7.11 Å². The first-order valence-electron chi connectivity index (χ1n) is 7.29. The zero-order chi connectivity index (χ0) is 13.8. The summed E-state index contributed by atoms with van der Waals surface area (Å²) in [7, 11) is 1.88. The van der Waals surface area contributed by atoms with Crippen molar-refractivity contribution in [2.45, 2.75) is 71.9 Å². The molecule has 0 amide bonds. The van der Waals surface area contributed by atoms with Crippen molar-refractivity contribution in [2.24, 2.45) is 5.41 Å². The first kappa shape index (κ1) is 15.7. The molecule has 0 spiro atoms. The summed E-state index contributed by atoms with van der Waals surface area (Å²) >= 11 is 0. The smallest absolute Gasteiger partial charge is 0.0867 e. The van der Waals surface area contributed by atoms with E-state index in [1.54, 1.807) is 0 Å². The second-order valence-electron chi connectivity index (χ2n) is 6.71. The predicted octanol–water partition coefficient (Wildman–Crippen LogP) is 3.92. The van der Waals surface area contributed by atoms with Gasteiger partial charge in [0.15, 0.2) is 0 Å². The molecule has 2 nitrogen and oxygen atoms in total. The van der Waals surface area contributed by atoms with Crippen molar-refractivity contribution in [2.75, 3.05) is 13.7 Å². The van der Waals surface area contributed by atoms with Crippen LogP contribution in [0.5, 0.6) is 0 Å². The third kappa shape index (κ3) is 3.83. The summed E-state index contributed by atoms with van der Waals surface area (Å²) in [6.07, 6.45) is 7.14. The first-order chi connectivity index (χ1) is 8.35. The number of allylic oxidation sites excluding steroid dienone is 1. The molecule has 0 saturated heterocycles. The summed E-state index contributed by atoms with van der Waals surface area (Å²) in [5, 5.41) is 3.60. The van der Waals surface area contributed by atoms with Gasteiger partial charge >= 0.3 is 0 Å². The van der Waals surface area contributed by atoms with Crippen molar-refractivity contribution in [3.8, 4) is 0 Å². The van der Waals surface area contributed by atoms with Gasteiger partial charge in [-0.2, -0.15) is 0 Å². The minimum Gasteiger partial charge on any atom is -0.376 e. The second-order valence-corrected chi connectivity index (χ2v) is 6.71. The maximum Gasteiger partial charge on any atom is 0.0867 e. The summed E-state index contributed by atoms with van der Waals surface area (Å²) in [6, 6.07) is 0.341. The van der Waals surface area contributed by atoms with Gasteiger partial charge in [-0.3, -0.25) is 0 Å². The average Bonchev–Trinajstić information content (AvgIpc) is 2.29. The molecule has 18 heavy (non-hydrogen) atoms. The van der Waals surface area contributed by atoms with Gasteiger partial charge in [0, 0.05) is 7.11 Å². The van der Waals surface area contributed by atoms with Gasteiger partial charge in [0.1, 0.15) is 0 Å². The summed E-state index contributed by atoms with van der Waals surface area (Å²) in [5.41, 5.74) is 1.83. The Morgan fingerprint density at radius 3 is 2.17 bits per heavy atom. The van der Waals surface area contributed by atoms with Crippen LogP contribution >= 0.6 is 0 Å². The molecule has 0 radical (unpaired) electrons. The van der Waals surface area contributed by atoms with Crippen LogP contribution in [0.3, 0.4) is 0 Å². The van der Waals surface area contributed by atoms with Gasteiger partial charge in [-0.1, -0.05) is 32.4 Å². The average molecular weight is 253 g/mol. The molecule has 1 rings (SSSR count). The lowest BCUT2D eigenvalue weighted by molar-refractivity contribution is -0.0758. The van der Waals surface area contributed by atoms with Gasteiger partial charge in [0.2, 0.25) is 0 Å². The third-order valence-corrected chi connectivity index (χ3v) is 4.35. The molecule has 1 atom stereocenters. The van der Waals surface area contributed by atoms with E-state index in [2.05, 4.69) is 46.0 Å². The zero-order valence-electron chi connectivity index (χ0n) is 13.1. The summed E-state index contributed by atoms with van der Waals surface area (Å²) in [6.45, 7) is 12.2. The van der Waals surface area contributed by atoms with Crippen LogP contribution in [0.4, 0.5) is 0 Å². The number of likely N-dealkylation sites (N-methyl/N-ethyl adjacent to an activating group) is 1. The van der Waals surface area contributed by atoms with Crippen LogP contribution in [0, 0.1) is 5.41 Å². The van der Waals surface area contributed by atoms with Crippen molar-refractivity contribution < 1.29 is 4.74 Å². The molecule has 0 aromatic heterocycles. The molecule has 1 fully saturated rings. The quantitative estimate of drug-likeness (QED) is 0.750. The molecule has 0 aliphatic heterocycles. The fourth-order valence-corrected chi connectivity index (χ4v) is 2.94. The van der Waals surface area contributed by atoms with Gasteiger partial charge in [-0.25, -0.2) is 0 Å². The van der Waals surface area contributed by atoms with E-state index >= 15 is 0 Å². The molecule has 2 heteroatoms. The Morgan fingerprint density at radius 2 is 1.78 bits per heavy atom. The minimum atomic E-state index is -0.0111. The molecule has 0 aromatic carbocycles. The van der Waals surface area contributed by atoms with Crippen molar-refractivity contribution in [1.82, 2.24) is 5.32 Å². The highest BCUT2D eigenvalue weighted by Crippen LogP contribution is 2.43. The Balaban J connectivity index is 2.88. The number of hydrogen-bond donors (Lipinski definition) is 1. The highest BCUT2D eigenvalue weighted by Gasteiger charge is 2.43. The molecule has 1 saturated carbocycles. The van der Waals surface area contributed by atoms with E-state index in [1.165, 1.54) is 18.4 Å². The van der Waals surface area contributed by atoms with E-state index in [0.29, 0.717) is 11.5 Å². The standard InChI is InChI=1S/C16H31NO/c1-7-17-14(12-13(2)3)16(18-6)10-8-15(4,5)9-11-16/h12,14,17H,7-11H2,1-6H3. The van der Waals surface area contributed by atoms with Crippen LogP contribution in [0.2, 0.25) is 0 Å². The van der Waals surface area contributed by atoms with Gasteiger partial charge in [0.05, 0.1) is 11.6 Å². The van der Waals surface area contributed by atoms with Gasteiger partial charge in [0.25, 0.3) is 0 Å². The molecule has 106 valence electrons. The van der Waals surface area contributed by atoms with Crippen LogP contribution in [0.15, 0.2) is 11.6 Å². The fraction of sp³-hybridized carbons (Fsp3) is 0.875. The topological polar surface area (TPSA) is 21.3 Å². The van der Waals surface area contributed by atoms with Crippen LogP contribution < -0.4 is 5.32 Å². The highest BCUT2D eigenvalue weighted by atomic mass is 16.5. The Morgan fingerprint density at radius 1 is 1.22 bits per heavy atom. The maximum atomic E-state index is 5.98. The monoisotopic (exact) mass is 253 g/mol. The molecule has 1 unspecified atom stereocenters. The molecule has 0 heterocycles. The van der Waals surface area contributed by atoms with Gasteiger partial charge in [-0.15, -0.1) is 0 Å². The number of nitrogens with one attached hydrogen (secondary N) is 1. The molecule has 1 aliphatic rings. The first-order valence-corrected chi connectivity index (χ1v) is 7.29. The predicted molar refractivity (Wildman–Crippen MR) is 78.9 cm³/mol. The lowest BCUT2D eigenvalue weighted by Crippen LogP contribution is -2.54. The Bertz CT molecular complexity index is 279. The Kier molecular flexibility index (Phi) is 5.42.